The van der Waals surface area contributed by atoms with E-state index < -0.39 is 11.7 Å². The van der Waals surface area contributed by atoms with E-state index in [9.17, 15) is 14.0 Å². The number of rotatable bonds is 4. The fourth-order valence-electron chi connectivity index (χ4n) is 3.74. The summed E-state index contributed by atoms with van der Waals surface area (Å²) in [6.07, 6.45) is 0.399. The lowest BCUT2D eigenvalue weighted by Gasteiger charge is -2.22. The van der Waals surface area contributed by atoms with Crippen LogP contribution in [0, 0.1) is 11.7 Å². The minimum absolute atomic E-state index is 0.107. The number of carbonyl (C=O) groups is 2. The Morgan fingerprint density at radius 3 is 2.96 bits per heavy atom. The van der Waals surface area contributed by atoms with Crippen LogP contribution in [0.2, 0.25) is 0 Å². The molecule has 2 amide bonds. The maximum absolute atomic E-state index is 13.5. The molecule has 2 aliphatic heterocycles. The maximum atomic E-state index is 13.5. The number of nitrogens with one attached hydrogen (secondary N) is 1. The number of fused-ring (bicyclic) bond motifs is 1. The van der Waals surface area contributed by atoms with Gasteiger partial charge < -0.3 is 15.0 Å². The lowest BCUT2D eigenvalue weighted by Crippen LogP contribution is -2.37. The van der Waals surface area contributed by atoms with E-state index in [-0.39, 0.29) is 24.0 Å². The van der Waals surface area contributed by atoms with Gasteiger partial charge in [-0.2, -0.15) is 0 Å². The van der Waals surface area contributed by atoms with Gasteiger partial charge in [0.25, 0.3) is 5.91 Å². The third-order valence-electron chi connectivity index (χ3n) is 4.98. The van der Waals surface area contributed by atoms with Gasteiger partial charge in [0, 0.05) is 23.6 Å². The Balaban J connectivity index is 1.48. The van der Waals surface area contributed by atoms with Crippen LogP contribution in [0.1, 0.15) is 21.7 Å². The van der Waals surface area contributed by atoms with Gasteiger partial charge in [-0.05, 0) is 36.1 Å². The highest BCUT2D eigenvalue weighted by Crippen LogP contribution is 2.34. The number of benzene rings is 1. The molecular formula is C19H19FN2O3S. The summed E-state index contributed by atoms with van der Waals surface area (Å²) in [7, 11) is 0. The van der Waals surface area contributed by atoms with Gasteiger partial charge in [-0.1, -0.05) is 12.1 Å². The van der Waals surface area contributed by atoms with Gasteiger partial charge in [0.2, 0.25) is 5.91 Å². The number of nitrogens with zero attached hydrogens (tertiary/aromatic N) is 1. The van der Waals surface area contributed by atoms with Crippen LogP contribution >= 0.6 is 11.3 Å². The largest absolute Gasteiger partial charge is 0.375 e. The SMILES string of the molecule is O=C(NCc1cccs1)C1CN(C(=O)c2cccc(F)c2)C2CCOC12. The number of hydrogen-bond donors (Lipinski definition) is 1. The Bertz CT molecular complexity index is 811. The van der Waals surface area contributed by atoms with E-state index in [1.807, 2.05) is 17.5 Å². The zero-order valence-electron chi connectivity index (χ0n) is 14.1. The molecule has 1 aromatic heterocycles. The van der Waals surface area contributed by atoms with Crippen LogP contribution in [-0.2, 0) is 16.1 Å². The number of thiophene rings is 1. The second-order valence-corrected chi connectivity index (χ2v) is 7.60. The minimum Gasteiger partial charge on any atom is -0.375 e. The molecule has 4 rings (SSSR count). The molecule has 2 aromatic rings. The van der Waals surface area contributed by atoms with Crippen LogP contribution in [0.3, 0.4) is 0 Å². The van der Waals surface area contributed by atoms with Crippen molar-refractivity contribution in [3.8, 4) is 0 Å². The topological polar surface area (TPSA) is 58.6 Å². The Labute approximate surface area is 154 Å². The summed E-state index contributed by atoms with van der Waals surface area (Å²) < 4.78 is 19.2. The Morgan fingerprint density at radius 2 is 2.19 bits per heavy atom. The average molecular weight is 374 g/mol. The van der Waals surface area contributed by atoms with Crippen LogP contribution in [0.15, 0.2) is 41.8 Å². The standard InChI is InChI=1S/C19H19FN2O3S/c20-13-4-1-3-12(9-13)19(24)22-11-15(17-16(22)6-7-25-17)18(23)21-10-14-5-2-8-26-14/h1-5,8-9,15-17H,6-7,10-11H2,(H,21,23). The van der Waals surface area contributed by atoms with Crippen LogP contribution in [-0.4, -0.2) is 42.0 Å². The average Bonchev–Trinajstić information content (AvgIpc) is 3.36. The molecule has 0 saturated carbocycles. The summed E-state index contributed by atoms with van der Waals surface area (Å²) in [5, 5.41) is 4.91. The minimum atomic E-state index is -0.445. The molecule has 1 N–H and O–H groups in total. The first kappa shape index (κ1) is 17.2. The van der Waals surface area contributed by atoms with E-state index in [0.717, 1.165) is 4.88 Å². The number of halogens is 1. The maximum Gasteiger partial charge on any atom is 0.254 e. The molecule has 5 nitrogen and oxygen atoms in total. The smallest absolute Gasteiger partial charge is 0.254 e. The predicted molar refractivity (Wildman–Crippen MR) is 95.2 cm³/mol. The number of amides is 2. The fourth-order valence-corrected chi connectivity index (χ4v) is 4.38. The second kappa shape index (κ2) is 7.17. The van der Waals surface area contributed by atoms with Crippen LogP contribution in [0.5, 0.6) is 0 Å². The van der Waals surface area contributed by atoms with Gasteiger partial charge in [-0.25, -0.2) is 4.39 Å². The monoisotopic (exact) mass is 374 g/mol. The molecule has 2 aliphatic rings. The van der Waals surface area contributed by atoms with E-state index in [1.54, 1.807) is 22.3 Å². The first-order valence-electron chi connectivity index (χ1n) is 8.62. The van der Waals surface area contributed by atoms with Crippen molar-refractivity contribution >= 4 is 23.2 Å². The number of carbonyl (C=O) groups excluding carboxylic acids is 2. The van der Waals surface area contributed by atoms with Crippen LogP contribution in [0.25, 0.3) is 0 Å². The molecule has 0 radical (unpaired) electrons. The van der Waals surface area contributed by atoms with Crippen molar-refractivity contribution in [2.45, 2.75) is 25.1 Å². The normalized spacial score (nSPS) is 24.5. The first-order valence-corrected chi connectivity index (χ1v) is 9.49. The zero-order chi connectivity index (χ0) is 18.1. The zero-order valence-corrected chi connectivity index (χ0v) is 14.9. The highest BCUT2D eigenvalue weighted by molar-refractivity contribution is 7.09. The molecule has 3 unspecified atom stereocenters. The lowest BCUT2D eigenvalue weighted by atomic mass is 10.0. The molecule has 0 bridgehead atoms. The van der Waals surface area contributed by atoms with Crippen LogP contribution < -0.4 is 5.32 Å². The molecular weight excluding hydrogens is 355 g/mol. The van der Waals surface area contributed by atoms with Gasteiger partial charge in [-0.15, -0.1) is 11.3 Å². The van der Waals surface area contributed by atoms with Gasteiger partial charge >= 0.3 is 0 Å². The number of likely N-dealkylation sites (tertiary alicyclic amines) is 1. The molecule has 2 saturated heterocycles. The van der Waals surface area contributed by atoms with Crippen molar-refractivity contribution in [2.75, 3.05) is 13.2 Å². The highest BCUT2D eigenvalue weighted by atomic mass is 32.1. The highest BCUT2D eigenvalue weighted by Gasteiger charge is 2.50. The molecule has 0 spiro atoms. The molecule has 2 fully saturated rings. The molecule has 26 heavy (non-hydrogen) atoms. The van der Waals surface area contributed by atoms with Crippen molar-refractivity contribution in [1.29, 1.82) is 0 Å². The Hall–Kier alpha value is -2.25. The van der Waals surface area contributed by atoms with Gasteiger partial charge in [0.15, 0.2) is 0 Å². The summed E-state index contributed by atoms with van der Waals surface area (Å²) in [6, 6.07) is 9.43. The van der Waals surface area contributed by atoms with Crippen molar-refractivity contribution in [3.63, 3.8) is 0 Å². The third-order valence-corrected chi connectivity index (χ3v) is 5.86. The Kier molecular flexibility index (Phi) is 4.74. The summed E-state index contributed by atoms with van der Waals surface area (Å²) in [6.45, 7) is 1.29. The predicted octanol–water partition coefficient (Wildman–Crippen LogP) is 2.43. The van der Waals surface area contributed by atoms with E-state index >= 15 is 0 Å². The van der Waals surface area contributed by atoms with Crippen molar-refractivity contribution in [2.24, 2.45) is 5.92 Å². The Morgan fingerprint density at radius 1 is 1.31 bits per heavy atom. The van der Waals surface area contributed by atoms with Crippen molar-refractivity contribution in [3.05, 3.63) is 58.0 Å². The van der Waals surface area contributed by atoms with Crippen LogP contribution in [0.4, 0.5) is 4.39 Å². The molecule has 0 aliphatic carbocycles. The summed E-state index contributed by atoms with van der Waals surface area (Å²) in [5.41, 5.74) is 0.301. The summed E-state index contributed by atoms with van der Waals surface area (Å²) in [5.74, 6) is -1.21. The molecule has 7 heteroatoms. The quantitative estimate of drug-likeness (QED) is 0.894. The molecule has 3 heterocycles. The van der Waals surface area contributed by atoms with Gasteiger partial charge in [-0.3, -0.25) is 9.59 Å². The lowest BCUT2D eigenvalue weighted by molar-refractivity contribution is -0.127. The van der Waals surface area contributed by atoms with E-state index in [4.69, 9.17) is 4.74 Å². The molecule has 1 aromatic carbocycles. The van der Waals surface area contributed by atoms with Gasteiger partial charge in [0.1, 0.15) is 5.82 Å². The molecule has 3 atom stereocenters. The third kappa shape index (κ3) is 3.24. The van der Waals surface area contributed by atoms with Gasteiger partial charge in [0.05, 0.1) is 24.6 Å². The summed E-state index contributed by atoms with van der Waals surface area (Å²) in [4.78, 5) is 28.2. The molecule has 136 valence electrons. The van der Waals surface area contributed by atoms with E-state index in [0.29, 0.717) is 31.7 Å². The number of ether oxygens (including phenoxy) is 1. The first-order chi connectivity index (χ1) is 12.6. The summed E-state index contributed by atoms with van der Waals surface area (Å²) >= 11 is 1.58. The second-order valence-electron chi connectivity index (χ2n) is 6.56. The van der Waals surface area contributed by atoms with Crippen molar-refractivity contribution in [1.82, 2.24) is 10.2 Å². The number of hydrogen-bond acceptors (Lipinski definition) is 4. The van der Waals surface area contributed by atoms with E-state index in [2.05, 4.69) is 5.32 Å². The fraction of sp³-hybridized carbons (Fsp3) is 0.368. The van der Waals surface area contributed by atoms with E-state index in [1.165, 1.54) is 18.2 Å². The van der Waals surface area contributed by atoms with Crippen molar-refractivity contribution < 1.29 is 18.7 Å².